The Hall–Kier alpha value is -3.26. The molecular formula is C29H33ClFN3O4. The van der Waals surface area contributed by atoms with Gasteiger partial charge >= 0.3 is 5.97 Å². The fourth-order valence-electron chi connectivity index (χ4n) is 5.57. The van der Waals surface area contributed by atoms with Crippen LogP contribution in [0.3, 0.4) is 0 Å². The molecule has 202 valence electrons. The fourth-order valence-corrected chi connectivity index (χ4v) is 5.74. The number of carboxylic acids is 1. The second-order valence-corrected chi connectivity index (χ2v) is 11.0. The van der Waals surface area contributed by atoms with Crippen molar-refractivity contribution < 1.29 is 23.9 Å². The molecule has 9 heteroatoms. The van der Waals surface area contributed by atoms with E-state index in [4.69, 9.17) is 21.7 Å². The number of rotatable bonds is 8. The highest BCUT2D eigenvalue weighted by Gasteiger charge is 2.51. The molecule has 4 rings (SSSR count). The molecule has 2 amide bonds. The van der Waals surface area contributed by atoms with Crippen LogP contribution in [-0.2, 0) is 9.59 Å². The number of hydrogen-bond donors (Lipinski definition) is 2. The predicted molar refractivity (Wildman–Crippen MR) is 144 cm³/mol. The first kappa shape index (κ1) is 27.8. The van der Waals surface area contributed by atoms with Crippen LogP contribution in [0.5, 0.6) is 0 Å². The van der Waals surface area contributed by atoms with E-state index in [1.54, 1.807) is 29.2 Å². The molecule has 1 saturated carbocycles. The van der Waals surface area contributed by atoms with Gasteiger partial charge in [-0.15, -0.1) is 0 Å². The van der Waals surface area contributed by atoms with Crippen molar-refractivity contribution in [3.05, 3.63) is 70.0 Å². The van der Waals surface area contributed by atoms with Crippen molar-refractivity contribution in [1.82, 2.24) is 10.2 Å². The Morgan fingerprint density at radius 3 is 2.42 bits per heavy atom. The van der Waals surface area contributed by atoms with Gasteiger partial charge in [0.15, 0.2) is 0 Å². The Balaban J connectivity index is 1.63. The zero-order valence-corrected chi connectivity index (χ0v) is 22.6. The van der Waals surface area contributed by atoms with E-state index < -0.39 is 17.4 Å². The lowest BCUT2D eigenvalue weighted by atomic mass is 9.76. The molecular weight excluding hydrogens is 509 g/mol. The molecule has 1 aliphatic carbocycles. The summed E-state index contributed by atoms with van der Waals surface area (Å²) in [6, 6.07) is 10.7. The number of hydrogen-bond acceptors (Lipinski definition) is 4. The third-order valence-corrected chi connectivity index (χ3v) is 8.05. The highest BCUT2D eigenvalue weighted by Crippen LogP contribution is 2.47. The summed E-state index contributed by atoms with van der Waals surface area (Å²) < 4.78 is 14.8. The molecule has 2 aromatic carbocycles. The second kappa shape index (κ2) is 11.2. The van der Waals surface area contributed by atoms with Gasteiger partial charge in [-0.2, -0.15) is 0 Å². The van der Waals surface area contributed by atoms with Crippen molar-refractivity contribution in [2.45, 2.75) is 64.6 Å². The van der Waals surface area contributed by atoms with E-state index in [2.05, 4.69) is 19.2 Å². The number of aliphatic imine (C=N–C) groups is 1. The highest BCUT2D eigenvalue weighted by molar-refractivity contribution is 6.47. The number of benzene rings is 2. The van der Waals surface area contributed by atoms with Crippen LogP contribution in [0.15, 0.2) is 47.5 Å². The van der Waals surface area contributed by atoms with Crippen LogP contribution < -0.4 is 5.32 Å². The van der Waals surface area contributed by atoms with Crippen LogP contribution in [0.2, 0.25) is 5.02 Å². The van der Waals surface area contributed by atoms with Crippen molar-refractivity contribution in [2.24, 2.45) is 16.8 Å². The smallest absolute Gasteiger partial charge is 0.305 e. The molecule has 0 saturated heterocycles. The zero-order valence-electron chi connectivity index (χ0n) is 21.8. The Morgan fingerprint density at radius 2 is 1.82 bits per heavy atom. The summed E-state index contributed by atoms with van der Waals surface area (Å²) in [6.07, 6.45) is 3.04. The van der Waals surface area contributed by atoms with Crippen LogP contribution in [0, 0.1) is 17.7 Å². The van der Waals surface area contributed by atoms with Crippen LogP contribution in [-0.4, -0.2) is 45.7 Å². The van der Waals surface area contributed by atoms with Crippen molar-refractivity contribution >= 4 is 35.1 Å². The summed E-state index contributed by atoms with van der Waals surface area (Å²) in [7, 11) is 0. The lowest BCUT2D eigenvalue weighted by Crippen LogP contribution is -2.50. The number of carbonyl (C=O) groups excluding carboxylic acids is 2. The summed E-state index contributed by atoms with van der Waals surface area (Å²) in [4.78, 5) is 43.7. The average Bonchev–Trinajstić information content (AvgIpc) is 3.16. The number of carboxylic acid groups (broad SMARTS) is 1. The van der Waals surface area contributed by atoms with Gasteiger partial charge < -0.3 is 15.3 Å². The number of amides is 2. The van der Waals surface area contributed by atoms with E-state index in [-0.39, 0.29) is 42.1 Å². The van der Waals surface area contributed by atoms with Gasteiger partial charge in [0, 0.05) is 22.7 Å². The lowest BCUT2D eigenvalue weighted by Gasteiger charge is -2.45. The quantitative estimate of drug-likeness (QED) is 0.453. The molecule has 1 atom stereocenters. The highest BCUT2D eigenvalue weighted by atomic mass is 35.5. The SMILES string of the molecule is CC(C)C1CCC2(CC1)N=C(c1cc(Cl)ccc1F)C(=O)N2C(C)c1ccc(C(=O)NCCC(=O)O)cc1. The van der Waals surface area contributed by atoms with E-state index in [1.807, 2.05) is 6.92 Å². The summed E-state index contributed by atoms with van der Waals surface area (Å²) in [5.41, 5.74) is 0.627. The van der Waals surface area contributed by atoms with Crippen molar-refractivity contribution in [3.63, 3.8) is 0 Å². The van der Waals surface area contributed by atoms with Crippen molar-refractivity contribution in [2.75, 3.05) is 6.54 Å². The van der Waals surface area contributed by atoms with Crippen molar-refractivity contribution in [1.29, 1.82) is 0 Å². The van der Waals surface area contributed by atoms with E-state index >= 15 is 0 Å². The minimum atomic E-state index is -0.986. The molecule has 1 heterocycles. The standard InChI is InChI=1S/C29H33ClFN3O4/c1-17(2)19-10-13-29(14-11-19)33-26(23-16-22(30)8-9-24(23)31)28(38)34(29)18(3)20-4-6-21(7-5-20)27(37)32-15-12-25(35)36/h4-9,16-19H,10-15H2,1-3H3,(H,32,37)(H,35,36). The van der Waals surface area contributed by atoms with Crippen LogP contribution in [0.1, 0.15) is 80.4 Å². The number of aliphatic carboxylic acids is 1. The third kappa shape index (κ3) is 5.60. The minimum absolute atomic E-state index is 0.0364. The van der Waals surface area contributed by atoms with Gasteiger partial charge in [-0.05, 0) is 80.3 Å². The molecule has 2 N–H and O–H groups in total. The van der Waals surface area contributed by atoms with E-state index in [1.165, 1.54) is 18.2 Å². The maximum absolute atomic E-state index is 14.8. The largest absolute Gasteiger partial charge is 0.481 e. The Labute approximate surface area is 227 Å². The van der Waals surface area contributed by atoms with E-state index in [0.717, 1.165) is 18.4 Å². The summed E-state index contributed by atoms with van der Waals surface area (Å²) in [5.74, 6) is -1.17. The molecule has 1 unspecified atom stereocenters. The molecule has 7 nitrogen and oxygen atoms in total. The predicted octanol–water partition coefficient (Wildman–Crippen LogP) is 5.62. The zero-order chi connectivity index (χ0) is 27.6. The number of carbonyl (C=O) groups is 3. The Morgan fingerprint density at radius 1 is 1.16 bits per heavy atom. The average molecular weight is 542 g/mol. The summed E-state index contributed by atoms with van der Waals surface area (Å²) >= 11 is 6.15. The molecule has 1 fully saturated rings. The maximum atomic E-state index is 14.8. The Kier molecular flexibility index (Phi) is 8.21. The molecule has 2 aromatic rings. The van der Waals surface area contributed by atoms with Gasteiger partial charge in [-0.3, -0.25) is 19.4 Å². The van der Waals surface area contributed by atoms with Crippen LogP contribution in [0.4, 0.5) is 4.39 Å². The monoisotopic (exact) mass is 541 g/mol. The first-order valence-electron chi connectivity index (χ1n) is 13.0. The van der Waals surface area contributed by atoms with Gasteiger partial charge in [0.1, 0.15) is 17.2 Å². The van der Waals surface area contributed by atoms with Gasteiger partial charge in [0.2, 0.25) is 0 Å². The second-order valence-electron chi connectivity index (χ2n) is 10.5. The van der Waals surface area contributed by atoms with Gasteiger partial charge in [0.25, 0.3) is 11.8 Å². The van der Waals surface area contributed by atoms with Crippen LogP contribution >= 0.6 is 11.6 Å². The maximum Gasteiger partial charge on any atom is 0.305 e. The first-order valence-corrected chi connectivity index (χ1v) is 13.4. The normalized spacial score (nSPS) is 22.1. The van der Waals surface area contributed by atoms with E-state index in [0.29, 0.717) is 35.3 Å². The van der Waals surface area contributed by atoms with E-state index in [9.17, 15) is 18.8 Å². The summed E-state index contributed by atoms with van der Waals surface area (Å²) in [6.45, 7) is 6.37. The number of nitrogens with one attached hydrogen (secondary N) is 1. The van der Waals surface area contributed by atoms with Crippen molar-refractivity contribution in [3.8, 4) is 0 Å². The van der Waals surface area contributed by atoms with Gasteiger partial charge in [0.05, 0.1) is 12.5 Å². The third-order valence-electron chi connectivity index (χ3n) is 7.81. The topological polar surface area (TPSA) is 99.1 Å². The molecule has 1 spiro atoms. The Bertz CT molecular complexity index is 1250. The van der Waals surface area contributed by atoms with Gasteiger partial charge in [-0.25, -0.2) is 4.39 Å². The molecule has 0 bridgehead atoms. The molecule has 38 heavy (non-hydrogen) atoms. The molecule has 0 aromatic heterocycles. The number of halogens is 2. The van der Waals surface area contributed by atoms with Crippen LogP contribution in [0.25, 0.3) is 0 Å². The lowest BCUT2D eigenvalue weighted by molar-refractivity contribution is -0.137. The molecule has 1 aliphatic heterocycles. The summed E-state index contributed by atoms with van der Waals surface area (Å²) in [5, 5.41) is 11.7. The minimum Gasteiger partial charge on any atom is -0.481 e. The molecule has 0 radical (unpaired) electrons. The van der Waals surface area contributed by atoms with Gasteiger partial charge in [-0.1, -0.05) is 37.6 Å². The first-order chi connectivity index (χ1) is 18.0. The number of nitrogens with zero attached hydrogens (tertiary/aromatic N) is 2. The molecule has 2 aliphatic rings. The fraction of sp³-hybridized carbons (Fsp3) is 0.448.